The van der Waals surface area contributed by atoms with Crippen molar-refractivity contribution in [2.45, 2.75) is 38.6 Å². The lowest BCUT2D eigenvalue weighted by molar-refractivity contribution is -0.139. The summed E-state index contributed by atoms with van der Waals surface area (Å²) in [6.07, 6.45) is 8.03. The van der Waals surface area contributed by atoms with E-state index < -0.39 is 11.9 Å². The zero-order valence-corrected chi connectivity index (χ0v) is 9.61. The Bertz CT molecular complexity index is 319. The van der Waals surface area contributed by atoms with Gasteiger partial charge in [-0.1, -0.05) is 6.92 Å². The topological polar surface area (TPSA) is 63.4 Å². The number of hydrogen-bond donors (Lipinski definition) is 1. The SMILES string of the molecule is C#CC1CCCC(=O)N(C(CC)C(N)=O)C1. The second-order valence-electron chi connectivity index (χ2n) is 4.13. The van der Waals surface area contributed by atoms with Crippen LogP contribution in [-0.2, 0) is 9.59 Å². The average molecular weight is 222 g/mol. The van der Waals surface area contributed by atoms with Crippen LogP contribution in [0.3, 0.4) is 0 Å². The second kappa shape index (κ2) is 5.55. The normalized spacial score (nSPS) is 23.4. The second-order valence-corrected chi connectivity index (χ2v) is 4.13. The summed E-state index contributed by atoms with van der Waals surface area (Å²) in [4.78, 5) is 24.6. The van der Waals surface area contributed by atoms with Crippen LogP contribution in [0.1, 0.15) is 32.6 Å². The van der Waals surface area contributed by atoms with Crippen molar-refractivity contribution in [2.75, 3.05) is 6.54 Å². The van der Waals surface area contributed by atoms with E-state index in [1.807, 2.05) is 6.92 Å². The molecule has 88 valence electrons. The van der Waals surface area contributed by atoms with Crippen LogP contribution in [0.4, 0.5) is 0 Å². The van der Waals surface area contributed by atoms with Crippen molar-refractivity contribution in [3.63, 3.8) is 0 Å². The highest BCUT2D eigenvalue weighted by molar-refractivity contribution is 5.86. The zero-order chi connectivity index (χ0) is 12.1. The number of terminal acetylenes is 1. The first-order valence-electron chi connectivity index (χ1n) is 5.65. The van der Waals surface area contributed by atoms with E-state index >= 15 is 0 Å². The first-order chi connectivity index (χ1) is 7.60. The first-order valence-corrected chi connectivity index (χ1v) is 5.65. The lowest BCUT2D eigenvalue weighted by Gasteiger charge is -2.29. The number of likely N-dealkylation sites (tertiary alicyclic amines) is 1. The van der Waals surface area contributed by atoms with E-state index in [2.05, 4.69) is 5.92 Å². The monoisotopic (exact) mass is 222 g/mol. The highest BCUT2D eigenvalue weighted by Crippen LogP contribution is 2.19. The molecule has 0 aromatic rings. The maximum absolute atomic E-state index is 11.8. The lowest BCUT2D eigenvalue weighted by Crippen LogP contribution is -2.48. The van der Waals surface area contributed by atoms with Gasteiger partial charge in [-0.2, -0.15) is 0 Å². The molecule has 2 amide bonds. The molecular weight excluding hydrogens is 204 g/mol. The maximum atomic E-state index is 11.8. The van der Waals surface area contributed by atoms with Crippen molar-refractivity contribution in [1.82, 2.24) is 4.90 Å². The Morgan fingerprint density at radius 3 is 2.94 bits per heavy atom. The number of nitrogens with two attached hydrogens (primary N) is 1. The number of nitrogens with zero attached hydrogens (tertiary/aromatic N) is 1. The van der Waals surface area contributed by atoms with Crippen molar-refractivity contribution in [2.24, 2.45) is 11.7 Å². The van der Waals surface area contributed by atoms with Crippen LogP contribution in [0, 0.1) is 18.3 Å². The summed E-state index contributed by atoms with van der Waals surface area (Å²) < 4.78 is 0. The summed E-state index contributed by atoms with van der Waals surface area (Å²) in [6.45, 7) is 2.30. The number of primary amides is 1. The molecule has 0 aliphatic carbocycles. The van der Waals surface area contributed by atoms with Gasteiger partial charge in [0.25, 0.3) is 0 Å². The van der Waals surface area contributed by atoms with Crippen molar-refractivity contribution in [3.05, 3.63) is 0 Å². The number of amides is 2. The predicted molar refractivity (Wildman–Crippen MR) is 61.2 cm³/mol. The van der Waals surface area contributed by atoms with Gasteiger partial charge in [-0.3, -0.25) is 9.59 Å². The Morgan fingerprint density at radius 1 is 1.75 bits per heavy atom. The van der Waals surface area contributed by atoms with Gasteiger partial charge in [0.15, 0.2) is 0 Å². The molecule has 1 saturated heterocycles. The molecule has 0 bridgehead atoms. The van der Waals surface area contributed by atoms with Crippen molar-refractivity contribution in [1.29, 1.82) is 0 Å². The fourth-order valence-electron chi connectivity index (χ4n) is 2.09. The minimum absolute atomic E-state index is 0.0107. The largest absolute Gasteiger partial charge is 0.368 e. The highest BCUT2D eigenvalue weighted by Gasteiger charge is 2.30. The van der Waals surface area contributed by atoms with Gasteiger partial charge in [0.2, 0.25) is 11.8 Å². The predicted octanol–water partition coefficient (Wildman–Crippen LogP) is 0.512. The van der Waals surface area contributed by atoms with Crippen LogP contribution in [0.2, 0.25) is 0 Å². The van der Waals surface area contributed by atoms with Crippen LogP contribution >= 0.6 is 0 Å². The standard InChI is InChI=1S/C12H18N2O2/c1-3-9-6-5-7-11(15)14(8-9)10(4-2)12(13)16/h1,9-10H,4-8H2,2H3,(H2,13,16). The number of carbonyl (C=O) groups is 2. The number of rotatable bonds is 3. The van der Waals surface area contributed by atoms with Crippen molar-refractivity contribution < 1.29 is 9.59 Å². The first kappa shape index (κ1) is 12.6. The molecule has 1 heterocycles. The van der Waals surface area contributed by atoms with Gasteiger partial charge in [-0.05, 0) is 19.3 Å². The molecule has 0 radical (unpaired) electrons. The summed E-state index contributed by atoms with van der Waals surface area (Å²) in [6, 6.07) is -0.513. The molecule has 1 rings (SSSR count). The fourth-order valence-corrected chi connectivity index (χ4v) is 2.09. The molecule has 4 nitrogen and oxygen atoms in total. The van der Waals surface area contributed by atoms with E-state index in [1.54, 1.807) is 4.90 Å². The van der Waals surface area contributed by atoms with E-state index in [4.69, 9.17) is 12.2 Å². The Kier molecular flexibility index (Phi) is 4.36. The molecule has 1 aliphatic rings. The Balaban J connectivity index is 2.84. The van der Waals surface area contributed by atoms with E-state index in [0.29, 0.717) is 19.4 Å². The van der Waals surface area contributed by atoms with E-state index in [0.717, 1.165) is 12.8 Å². The van der Waals surface area contributed by atoms with Crippen LogP contribution in [0.5, 0.6) is 0 Å². The van der Waals surface area contributed by atoms with Crippen LogP contribution in [0.15, 0.2) is 0 Å². The van der Waals surface area contributed by atoms with Crippen LogP contribution in [0.25, 0.3) is 0 Å². The van der Waals surface area contributed by atoms with Crippen molar-refractivity contribution in [3.8, 4) is 12.3 Å². The zero-order valence-electron chi connectivity index (χ0n) is 9.61. The molecule has 1 fully saturated rings. The van der Waals surface area contributed by atoms with Gasteiger partial charge in [0, 0.05) is 18.9 Å². The third-order valence-electron chi connectivity index (χ3n) is 3.01. The summed E-state index contributed by atoms with van der Waals surface area (Å²) >= 11 is 0. The minimum Gasteiger partial charge on any atom is -0.368 e. The highest BCUT2D eigenvalue weighted by atomic mass is 16.2. The third kappa shape index (κ3) is 2.75. The van der Waals surface area contributed by atoms with Gasteiger partial charge in [0.05, 0.1) is 0 Å². The van der Waals surface area contributed by atoms with E-state index in [-0.39, 0.29) is 11.8 Å². The summed E-state index contributed by atoms with van der Waals surface area (Å²) in [5, 5.41) is 0. The quantitative estimate of drug-likeness (QED) is 0.707. The Morgan fingerprint density at radius 2 is 2.44 bits per heavy atom. The summed E-state index contributed by atoms with van der Waals surface area (Å²) in [5.74, 6) is 2.25. The molecule has 1 aliphatic heterocycles. The molecule has 16 heavy (non-hydrogen) atoms. The van der Waals surface area contributed by atoms with Gasteiger partial charge in [-0.15, -0.1) is 12.3 Å². The number of hydrogen-bond acceptors (Lipinski definition) is 2. The maximum Gasteiger partial charge on any atom is 0.240 e. The minimum atomic E-state index is -0.513. The molecule has 0 spiro atoms. The molecule has 4 heteroatoms. The average Bonchev–Trinajstić information content (AvgIpc) is 2.42. The molecule has 0 aromatic heterocycles. The van der Waals surface area contributed by atoms with Gasteiger partial charge >= 0.3 is 0 Å². The van der Waals surface area contributed by atoms with E-state index in [9.17, 15) is 9.59 Å². The lowest BCUT2D eigenvalue weighted by atomic mass is 10.0. The molecule has 2 unspecified atom stereocenters. The van der Waals surface area contributed by atoms with Crippen molar-refractivity contribution >= 4 is 11.8 Å². The Hall–Kier alpha value is -1.50. The summed E-state index contributed by atoms with van der Waals surface area (Å²) in [5.41, 5.74) is 5.29. The smallest absolute Gasteiger partial charge is 0.240 e. The third-order valence-corrected chi connectivity index (χ3v) is 3.01. The molecule has 0 saturated carbocycles. The Labute approximate surface area is 96.2 Å². The van der Waals surface area contributed by atoms with Crippen LogP contribution < -0.4 is 5.73 Å². The molecule has 0 aromatic carbocycles. The van der Waals surface area contributed by atoms with Gasteiger partial charge < -0.3 is 10.6 Å². The summed E-state index contributed by atoms with van der Waals surface area (Å²) in [7, 11) is 0. The number of carbonyl (C=O) groups excluding carboxylic acids is 2. The van der Waals surface area contributed by atoms with Crippen LogP contribution in [-0.4, -0.2) is 29.3 Å². The molecule has 2 N–H and O–H groups in total. The fraction of sp³-hybridized carbons (Fsp3) is 0.667. The van der Waals surface area contributed by atoms with Gasteiger partial charge in [0.1, 0.15) is 6.04 Å². The molecule has 2 atom stereocenters. The molecular formula is C12H18N2O2. The van der Waals surface area contributed by atoms with Gasteiger partial charge in [-0.25, -0.2) is 0 Å². The van der Waals surface area contributed by atoms with E-state index in [1.165, 1.54) is 0 Å².